The highest BCUT2D eigenvalue weighted by Crippen LogP contribution is 2.13. The molecule has 0 amide bonds. The highest BCUT2D eigenvalue weighted by atomic mass is 19.1. The summed E-state index contributed by atoms with van der Waals surface area (Å²) in [6, 6.07) is 4.15. The fraction of sp³-hybridized carbons (Fsp3) is 0.200. The Morgan fingerprint density at radius 3 is 3.00 bits per heavy atom. The lowest BCUT2D eigenvalue weighted by Crippen LogP contribution is -1.89. The minimum absolute atomic E-state index is 0.223. The molecule has 78 valence electrons. The number of nitrogens with zero attached hydrogens (tertiary/aromatic N) is 3. The van der Waals surface area contributed by atoms with E-state index in [0.29, 0.717) is 11.1 Å². The molecule has 5 heteroatoms. The summed E-state index contributed by atoms with van der Waals surface area (Å²) in [6.45, 7) is 0.0116. The number of aliphatic hydroxyl groups excluding tert-OH is 1. The predicted octanol–water partition coefficient (Wildman–Crippen LogP) is 2.64. The van der Waals surface area contributed by atoms with Gasteiger partial charge in [-0.3, -0.25) is 0 Å². The van der Waals surface area contributed by atoms with Crippen LogP contribution in [0.25, 0.3) is 16.5 Å². The average Bonchev–Trinajstić information content (AvgIpc) is 2.26. The Morgan fingerprint density at radius 2 is 2.33 bits per heavy atom. The van der Waals surface area contributed by atoms with Gasteiger partial charge < -0.3 is 5.11 Å². The first kappa shape index (κ1) is 11.2. The largest absolute Gasteiger partial charge is 0.392 e. The van der Waals surface area contributed by atoms with Crippen LogP contribution in [0, 0.1) is 5.82 Å². The van der Waals surface area contributed by atoms with E-state index >= 15 is 0 Å². The molecule has 1 N–H and O–H groups in total. The summed E-state index contributed by atoms with van der Waals surface area (Å²) in [5.41, 5.74) is 9.26. The first-order valence-corrected chi connectivity index (χ1v) is 4.34. The van der Waals surface area contributed by atoms with Gasteiger partial charge in [-0.1, -0.05) is 23.3 Å². The van der Waals surface area contributed by atoms with Gasteiger partial charge in [-0.25, -0.2) is 4.39 Å². The van der Waals surface area contributed by atoms with Crippen LogP contribution in [0.2, 0.25) is 0 Å². The second kappa shape index (κ2) is 5.80. The van der Waals surface area contributed by atoms with Gasteiger partial charge in [-0.15, -0.1) is 0 Å². The summed E-state index contributed by atoms with van der Waals surface area (Å²) < 4.78 is 12.8. The zero-order valence-electron chi connectivity index (χ0n) is 7.97. The predicted molar refractivity (Wildman–Crippen MR) is 55.4 cm³/mol. The lowest BCUT2D eigenvalue weighted by molar-refractivity contribution is 0.281. The van der Waals surface area contributed by atoms with Crippen molar-refractivity contribution < 1.29 is 9.50 Å². The van der Waals surface area contributed by atoms with E-state index in [1.807, 2.05) is 0 Å². The maximum atomic E-state index is 12.8. The van der Waals surface area contributed by atoms with Crippen molar-refractivity contribution in [3.05, 3.63) is 51.7 Å². The standard InChI is InChI=1S/C10H10FN3O/c11-10-4-3-8(9(6-10)7-15)2-1-5-13-14-12/h1-4,6,15H,5,7H2. The zero-order valence-corrected chi connectivity index (χ0v) is 7.97. The number of hydrogen-bond donors (Lipinski definition) is 1. The molecule has 0 saturated carbocycles. The van der Waals surface area contributed by atoms with Gasteiger partial charge in [0.1, 0.15) is 5.82 Å². The van der Waals surface area contributed by atoms with E-state index < -0.39 is 0 Å². The van der Waals surface area contributed by atoms with Gasteiger partial charge in [-0.05, 0) is 28.8 Å². The van der Waals surface area contributed by atoms with Crippen LogP contribution in [0.15, 0.2) is 29.4 Å². The van der Waals surface area contributed by atoms with Crippen molar-refractivity contribution >= 4 is 6.08 Å². The highest BCUT2D eigenvalue weighted by Gasteiger charge is 1.99. The van der Waals surface area contributed by atoms with Crippen molar-refractivity contribution in [2.24, 2.45) is 5.11 Å². The molecule has 0 aliphatic carbocycles. The van der Waals surface area contributed by atoms with E-state index in [0.717, 1.165) is 0 Å². The van der Waals surface area contributed by atoms with Crippen LogP contribution in [0.3, 0.4) is 0 Å². The Morgan fingerprint density at radius 1 is 1.53 bits per heavy atom. The van der Waals surface area contributed by atoms with Crippen LogP contribution in [-0.4, -0.2) is 11.7 Å². The molecule has 0 aliphatic heterocycles. The van der Waals surface area contributed by atoms with E-state index in [4.69, 9.17) is 10.6 Å². The molecular weight excluding hydrogens is 197 g/mol. The van der Waals surface area contributed by atoms with Gasteiger partial charge in [0.05, 0.1) is 6.61 Å². The molecule has 0 fully saturated rings. The normalized spacial score (nSPS) is 10.3. The molecule has 0 unspecified atom stereocenters. The highest BCUT2D eigenvalue weighted by molar-refractivity contribution is 5.53. The summed E-state index contributed by atoms with van der Waals surface area (Å²) in [5.74, 6) is -0.383. The molecule has 15 heavy (non-hydrogen) atoms. The minimum Gasteiger partial charge on any atom is -0.392 e. The van der Waals surface area contributed by atoms with Crippen molar-refractivity contribution in [2.75, 3.05) is 6.54 Å². The van der Waals surface area contributed by atoms with Crippen LogP contribution in [-0.2, 0) is 6.61 Å². The van der Waals surface area contributed by atoms with E-state index in [2.05, 4.69) is 10.0 Å². The number of halogens is 1. The van der Waals surface area contributed by atoms with Crippen LogP contribution in [0.1, 0.15) is 11.1 Å². The Kier molecular flexibility index (Phi) is 4.34. The molecule has 0 saturated heterocycles. The molecular formula is C10H10FN3O. The third-order valence-corrected chi connectivity index (χ3v) is 1.82. The van der Waals surface area contributed by atoms with Crippen LogP contribution < -0.4 is 0 Å². The molecule has 0 spiro atoms. The Labute approximate surface area is 86.3 Å². The molecule has 1 rings (SSSR count). The monoisotopic (exact) mass is 207 g/mol. The van der Waals surface area contributed by atoms with E-state index in [9.17, 15) is 4.39 Å². The molecule has 0 radical (unpaired) electrons. The SMILES string of the molecule is [N-]=[N+]=NCC=Cc1ccc(F)cc1CO. The summed E-state index contributed by atoms with van der Waals surface area (Å²) in [6.07, 6.45) is 3.33. The summed E-state index contributed by atoms with van der Waals surface area (Å²) in [5, 5.41) is 12.3. The lowest BCUT2D eigenvalue weighted by atomic mass is 10.1. The molecule has 0 heterocycles. The fourth-order valence-electron chi connectivity index (χ4n) is 1.14. The molecule has 0 bridgehead atoms. The molecule has 0 atom stereocenters. The van der Waals surface area contributed by atoms with E-state index in [-0.39, 0.29) is 19.0 Å². The second-order valence-corrected chi connectivity index (χ2v) is 2.82. The van der Waals surface area contributed by atoms with Crippen molar-refractivity contribution in [3.8, 4) is 0 Å². The van der Waals surface area contributed by atoms with Crippen molar-refractivity contribution in [1.82, 2.24) is 0 Å². The quantitative estimate of drug-likeness (QED) is 0.460. The third kappa shape index (κ3) is 3.42. The molecule has 4 nitrogen and oxygen atoms in total. The fourth-order valence-corrected chi connectivity index (χ4v) is 1.14. The maximum absolute atomic E-state index is 12.8. The first-order valence-electron chi connectivity index (χ1n) is 4.34. The number of rotatable bonds is 4. The van der Waals surface area contributed by atoms with Crippen molar-refractivity contribution in [3.63, 3.8) is 0 Å². The van der Waals surface area contributed by atoms with E-state index in [1.165, 1.54) is 12.1 Å². The topological polar surface area (TPSA) is 69.0 Å². The molecule has 0 aromatic heterocycles. The van der Waals surface area contributed by atoms with Crippen molar-refractivity contribution in [1.29, 1.82) is 0 Å². The van der Waals surface area contributed by atoms with Crippen LogP contribution >= 0.6 is 0 Å². The Balaban J connectivity index is 2.84. The average molecular weight is 207 g/mol. The molecule has 1 aromatic rings. The smallest absolute Gasteiger partial charge is 0.123 e. The van der Waals surface area contributed by atoms with Gasteiger partial charge in [0.25, 0.3) is 0 Å². The van der Waals surface area contributed by atoms with Gasteiger partial charge >= 0.3 is 0 Å². The number of azide groups is 1. The summed E-state index contributed by atoms with van der Waals surface area (Å²) >= 11 is 0. The summed E-state index contributed by atoms with van der Waals surface area (Å²) in [4.78, 5) is 2.59. The lowest BCUT2D eigenvalue weighted by Gasteiger charge is -2.01. The number of hydrogen-bond acceptors (Lipinski definition) is 2. The van der Waals surface area contributed by atoms with E-state index in [1.54, 1.807) is 18.2 Å². The van der Waals surface area contributed by atoms with Crippen molar-refractivity contribution in [2.45, 2.75) is 6.61 Å². The summed E-state index contributed by atoms with van der Waals surface area (Å²) in [7, 11) is 0. The second-order valence-electron chi connectivity index (χ2n) is 2.82. The first-order chi connectivity index (χ1) is 7.27. The van der Waals surface area contributed by atoms with Gasteiger partial charge in [0.15, 0.2) is 0 Å². The number of benzene rings is 1. The van der Waals surface area contributed by atoms with Crippen LogP contribution in [0.4, 0.5) is 4.39 Å². The Bertz CT molecular complexity index is 411. The molecule has 0 aliphatic rings. The minimum atomic E-state index is -0.383. The van der Waals surface area contributed by atoms with Gasteiger partial charge in [-0.2, -0.15) is 0 Å². The Hall–Kier alpha value is -1.84. The van der Waals surface area contributed by atoms with Gasteiger partial charge in [0.2, 0.25) is 0 Å². The third-order valence-electron chi connectivity index (χ3n) is 1.82. The molecule has 1 aromatic carbocycles. The van der Waals surface area contributed by atoms with Gasteiger partial charge in [0, 0.05) is 11.5 Å². The van der Waals surface area contributed by atoms with Crippen LogP contribution in [0.5, 0.6) is 0 Å². The zero-order chi connectivity index (χ0) is 11.1. The number of aliphatic hydroxyl groups is 1. The maximum Gasteiger partial charge on any atom is 0.123 e.